The largest absolute Gasteiger partial charge is 0.355 e. The molecule has 0 aliphatic heterocycles. The third-order valence-corrected chi connectivity index (χ3v) is 3.63. The van der Waals surface area contributed by atoms with Crippen LogP contribution in [0, 0.1) is 0 Å². The third kappa shape index (κ3) is 1.43. The standard InChI is InChI=1S/C12H10N2OS/c13-6-9-7-14-15-12(9)11-5-8-3-1-2-4-10(8)16-11/h1-5,7H,6,13H2. The smallest absolute Gasteiger partial charge is 0.181 e. The van der Waals surface area contributed by atoms with E-state index in [4.69, 9.17) is 10.3 Å². The van der Waals surface area contributed by atoms with Crippen LogP contribution in [0.15, 0.2) is 41.1 Å². The first-order valence-corrected chi connectivity index (χ1v) is 5.82. The van der Waals surface area contributed by atoms with Crippen molar-refractivity contribution in [2.24, 2.45) is 5.73 Å². The van der Waals surface area contributed by atoms with Crippen LogP contribution < -0.4 is 5.73 Å². The number of benzene rings is 1. The number of hydrogen-bond acceptors (Lipinski definition) is 4. The predicted molar refractivity (Wildman–Crippen MR) is 65.2 cm³/mol. The molecule has 0 fully saturated rings. The van der Waals surface area contributed by atoms with E-state index < -0.39 is 0 Å². The molecule has 0 amide bonds. The average Bonchev–Trinajstić information content (AvgIpc) is 2.94. The highest BCUT2D eigenvalue weighted by Crippen LogP contribution is 2.34. The fourth-order valence-electron chi connectivity index (χ4n) is 1.70. The molecule has 0 spiro atoms. The normalized spacial score (nSPS) is 11.1. The summed E-state index contributed by atoms with van der Waals surface area (Å²) in [7, 11) is 0. The van der Waals surface area contributed by atoms with Gasteiger partial charge in [-0.1, -0.05) is 23.4 Å². The van der Waals surface area contributed by atoms with Gasteiger partial charge in [-0.2, -0.15) is 0 Å². The summed E-state index contributed by atoms with van der Waals surface area (Å²) in [5.41, 5.74) is 6.58. The molecule has 0 radical (unpaired) electrons. The van der Waals surface area contributed by atoms with Crippen molar-refractivity contribution in [2.75, 3.05) is 0 Å². The first kappa shape index (κ1) is 9.57. The summed E-state index contributed by atoms with van der Waals surface area (Å²) in [4.78, 5) is 1.08. The van der Waals surface area contributed by atoms with Crippen LogP contribution in [0.2, 0.25) is 0 Å². The van der Waals surface area contributed by atoms with Gasteiger partial charge in [0.25, 0.3) is 0 Å². The number of aromatic nitrogens is 1. The third-order valence-electron chi connectivity index (χ3n) is 2.51. The topological polar surface area (TPSA) is 52.0 Å². The van der Waals surface area contributed by atoms with E-state index in [0.29, 0.717) is 6.54 Å². The van der Waals surface area contributed by atoms with Gasteiger partial charge < -0.3 is 10.3 Å². The summed E-state index contributed by atoms with van der Waals surface area (Å²) in [6.07, 6.45) is 1.68. The number of fused-ring (bicyclic) bond motifs is 1. The molecule has 3 aromatic rings. The van der Waals surface area contributed by atoms with E-state index in [0.717, 1.165) is 16.2 Å². The molecule has 1 aromatic carbocycles. The van der Waals surface area contributed by atoms with Gasteiger partial charge in [-0.15, -0.1) is 11.3 Å². The molecular formula is C12H10N2OS. The second kappa shape index (κ2) is 3.73. The van der Waals surface area contributed by atoms with E-state index in [2.05, 4.69) is 23.4 Å². The van der Waals surface area contributed by atoms with E-state index in [-0.39, 0.29) is 0 Å². The van der Waals surface area contributed by atoms with Crippen molar-refractivity contribution >= 4 is 21.4 Å². The van der Waals surface area contributed by atoms with Crippen molar-refractivity contribution in [3.63, 3.8) is 0 Å². The van der Waals surface area contributed by atoms with Gasteiger partial charge in [0.15, 0.2) is 5.76 Å². The summed E-state index contributed by atoms with van der Waals surface area (Å²) < 4.78 is 6.50. The molecule has 0 atom stereocenters. The molecule has 3 nitrogen and oxygen atoms in total. The lowest BCUT2D eigenvalue weighted by atomic mass is 10.2. The van der Waals surface area contributed by atoms with Crippen LogP contribution in [0.25, 0.3) is 20.7 Å². The maximum Gasteiger partial charge on any atom is 0.181 e. The number of nitrogens with two attached hydrogens (primary N) is 1. The molecule has 0 saturated carbocycles. The van der Waals surface area contributed by atoms with Crippen LogP contribution >= 0.6 is 11.3 Å². The second-order valence-electron chi connectivity index (χ2n) is 3.53. The Balaban J connectivity index is 2.19. The summed E-state index contributed by atoms with van der Waals surface area (Å²) >= 11 is 1.70. The van der Waals surface area contributed by atoms with Crippen LogP contribution in [0.5, 0.6) is 0 Å². The molecular weight excluding hydrogens is 220 g/mol. The summed E-state index contributed by atoms with van der Waals surface area (Å²) in [5.74, 6) is 0.795. The van der Waals surface area contributed by atoms with Gasteiger partial charge in [-0.25, -0.2) is 0 Å². The van der Waals surface area contributed by atoms with Gasteiger partial charge in [-0.05, 0) is 17.5 Å². The van der Waals surface area contributed by atoms with Gasteiger partial charge in [-0.3, -0.25) is 0 Å². The Morgan fingerprint density at radius 3 is 3.00 bits per heavy atom. The first-order chi connectivity index (χ1) is 7.88. The number of nitrogens with zero attached hydrogens (tertiary/aromatic N) is 1. The maximum atomic E-state index is 5.63. The zero-order chi connectivity index (χ0) is 11.0. The maximum absolute atomic E-state index is 5.63. The van der Waals surface area contributed by atoms with Crippen molar-refractivity contribution in [3.05, 3.63) is 42.1 Å². The molecule has 80 valence electrons. The molecule has 0 aliphatic carbocycles. The van der Waals surface area contributed by atoms with Crippen LogP contribution in [-0.4, -0.2) is 5.16 Å². The molecule has 16 heavy (non-hydrogen) atoms. The monoisotopic (exact) mass is 230 g/mol. The van der Waals surface area contributed by atoms with E-state index >= 15 is 0 Å². The van der Waals surface area contributed by atoms with Crippen LogP contribution in [0.4, 0.5) is 0 Å². The van der Waals surface area contributed by atoms with Gasteiger partial charge in [0.05, 0.1) is 11.1 Å². The van der Waals surface area contributed by atoms with E-state index in [1.54, 1.807) is 17.5 Å². The number of thiophene rings is 1. The molecule has 0 saturated heterocycles. The van der Waals surface area contributed by atoms with Crippen molar-refractivity contribution in [3.8, 4) is 10.6 Å². The minimum absolute atomic E-state index is 0.451. The second-order valence-corrected chi connectivity index (χ2v) is 4.62. The molecule has 2 N–H and O–H groups in total. The van der Waals surface area contributed by atoms with Gasteiger partial charge in [0, 0.05) is 16.8 Å². The highest BCUT2D eigenvalue weighted by atomic mass is 32.1. The Kier molecular flexibility index (Phi) is 2.23. The first-order valence-electron chi connectivity index (χ1n) is 5.01. The summed E-state index contributed by atoms with van der Waals surface area (Å²) in [6, 6.07) is 10.4. The zero-order valence-electron chi connectivity index (χ0n) is 8.51. The Morgan fingerprint density at radius 2 is 2.19 bits per heavy atom. The Bertz CT molecular complexity index is 594. The molecule has 0 unspecified atom stereocenters. The van der Waals surface area contributed by atoms with E-state index in [1.165, 1.54) is 10.1 Å². The number of hydrogen-bond donors (Lipinski definition) is 1. The molecule has 0 bridgehead atoms. The average molecular weight is 230 g/mol. The molecule has 2 aromatic heterocycles. The zero-order valence-corrected chi connectivity index (χ0v) is 9.33. The quantitative estimate of drug-likeness (QED) is 0.736. The highest BCUT2D eigenvalue weighted by molar-refractivity contribution is 7.22. The Labute approximate surface area is 96.5 Å². The minimum atomic E-state index is 0.451. The summed E-state index contributed by atoms with van der Waals surface area (Å²) in [6.45, 7) is 0.451. The molecule has 4 heteroatoms. The lowest BCUT2D eigenvalue weighted by Gasteiger charge is -1.92. The SMILES string of the molecule is NCc1cnoc1-c1cc2ccccc2s1. The van der Waals surface area contributed by atoms with Crippen molar-refractivity contribution in [1.82, 2.24) is 5.16 Å². The van der Waals surface area contributed by atoms with Gasteiger partial charge in [0.2, 0.25) is 0 Å². The lowest BCUT2D eigenvalue weighted by Crippen LogP contribution is -1.95. The Hall–Kier alpha value is -1.65. The molecule has 2 heterocycles. The fourth-order valence-corrected chi connectivity index (χ4v) is 2.78. The van der Waals surface area contributed by atoms with Crippen molar-refractivity contribution in [1.29, 1.82) is 0 Å². The Morgan fingerprint density at radius 1 is 1.31 bits per heavy atom. The minimum Gasteiger partial charge on any atom is -0.355 e. The van der Waals surface area contributed by atoms with Crippen LogP contribution in [-0.2, 0) is 6.54 Å². The van der Waals surface area contributed by atoms with Crippen LogP contribution in [0.3, 0.4) is 0 Å². The van der Waals surface area contributed by atoms with E-state index in [9.17, 15) is 0 Å². The van der Waals surface area contributed by atoms with Crippen LogP contribution in [0.1, 0.15) is 5.56 Å². The van der Waals surface area contributed by atoms with Crippen molar-refractivity contribution < 1.29 is 4.52 Å². The molecule has 3 rings (SSSR count). The highest BCUT2D eigenvalue weighted by Gasteiger charge is 2.12. The predicted octanol–water partition coefficient (Wildman–Crippen LogP) is 3.02. The van der Waals surface area contributed by atoms with Gasteiger partial charge in [0.1, 0.15) is 0 Å². The summed E-state index contributed by atoms with van der Waals surface area (Å²) in [5, 5.41) is 5.02. The van der Waals surface area contributed by atoms with Crippen molar-refractivity contribution in [2.45, 2.75) is 6.54 Å². The van der Waals surface area contributed by atoms with Gasteiger partial charge >= 0.3 is 0 Å². The fraction of sp³-hybridized carbons (Fsp3) is 0.0833. The lowest BCUT2D eigenvalue weighted by molar-refractivity contribution is 0.432. The van der Waals surface area contributed by atoms with E-state index in [1.807, 2.05) is 12.1 Å². The molecule has 0 aliphatic rings. The number of rotatable bonds is 2.